The number of amides is 1. The molecule has 1 fully saturated rings. The van der Waals surface area contributed by atoms with Gasteiger partial charge in [0, 0.05) is 22.1 Å². The number of carbonyl (C=O) groups is 1. The van der Waals surface area contributed by atoms with Gasteiger partial charge in [0.15, 0.2) is 11.5 Å². The molecule has 31 heavy (non-hydrogen) atoms. The highest BCUT2D eigenvalue weighted by atomic mass is 79.9. The number of carbonyl (C=O) groups excluding carboxylic acids is 1. The van der Waals surface area contributed by atoms with Crippen LogP contribution < -0.4 is 0 Å². The molecule has 1 amide bonds. The van der Waals surface area contributed by atoms with E-state index in [2.05, 4.69) is 38.0 Å². The second-order valence-corrected chi connectivity index (χ2v) is 9.08. The number of piperidine rings is 1. The Morgan fingerprint density at radius 1 is 1.16 bits per heavy atom. The van der Waals surface area contributed by atoms with Gasteiger partial charge in [-0.15, -0.1) is 0 Å². The smallest absolute Gasteiger partial charge is 0.256 e. The minimum absolute atomic E-state index is 0.0183. The maximum absolute atomic E-state index is 13.6. The number of benzene rings is 2. The average Bonchev–Trinajstić information content (AvgIpc) is 3.43. The second kappa shape index (κ2) is 8.09. The van der Waals surface area contributed by atoms with Gasteiger partial charge < -0.3 is 9.32 Å². The van der Waals surface area contributed by atoms with Crippen molar-refractivity contribution in [2.75, 3.05) is 6.54 Å². The lowest BCUT2D eigenvalue weighted by Gasteiger charge is -2.37. The van der Waals surface area contributed by atoms with Crippen LogP contribution in [0.3, 0.4) is 0 Å². The Kier molecular flexibility index (Phi) is 5.27. The van der Waals surface area contributed by atoms with Crippen LogP contribution in [0, 0.1) is 0 Å². The van der Waals surface area contributed by atoms with Crippen LogP contribution in [0.25, 0.3) is 16.8 Å². The number of oxazole rings is 1. The lowest BCUT2D eigenvalue weighted by Crippen LogP contribution is -2.45. The molecule has 1 saturated heterocycles. The van der Waals surface area contributed by atoms with Crippen molar-refractivity contribution >= 4 is 44.5 Å². The summed E-state index contributed by atoms with van der Waals surface area (Å²) in [6.07, 6.45) is 4.95. The summed E-state index contributed by atoms with van der Waals surface area (Å²) < 4.78 is 6.82. The summed E-state index contributed by atoms with van der Waals surface area (Å²) in [5.74, 6) is 0.597. The van der Waals surface area contributed by atoms with Crippen molar-refractivity contribution in [3.8, 4) is 5.69 Å². The molecule has 3 heterocycles. The van der Waals surface area contributed by atoms with E-state index in [0.717, 1.165) is 22.8 Å². The fourth-order valence-corrected chi connectivity index (χ4v) is 4.56. The first-order valence-corrected chi connectivity index (χ1v) is 11.2. The average molecular weight is 501 g/mol. The summed E-state index contributed by atoms with van der Waals surface area (Å²) in [5, 5.41) is 9.02. The third-order valence-corrected chi connectivity index (χ3v) is 6.41. The van der Waals surface area contributed by atoms with Crippen molar-refractivity contribution in [2.24, 2.45) is 0 Å². The van der Waals surface area contributed by atoms with Crippen molar-refractivity contribution in [3.05, 3.63) is 69.7 Å². The van der Waals surface area contributed by atoms with Crippen LogP contribution in [0.1, 0.15) is 41.9 Å². The number of halogens is 2. The fraction of sp³-hybridized carbons (Fsp3) is 0.273. The first-order valence-electron chi connectivity index (χ1n) is 10.0. The van der Waals surface area contributed by atoms with Gasteiger partial charge in [-0.1, -0.05) is 27.5 Å². The third-order valence-electron chi connectivity index (χ3n) is 5.68. The first-order chi connectivity index (χ1) is 15.0. The molecule has 0 saturated carbocycles. The van der Waals surface area contributed by atoms with Gasteiger partial charge in [0.1, 0.15) is 5.52 Å². The molecule has 0 radical (unpaired) electrons. The molecule has 5 rings (SSSR count). The van der Waals surface area contributed by atoms with Gasteiger partial charge in [-0.05, 0) is 56.2 Å². The standard InChI is InChI=1S/C22H19BrClN5O2/c1-13-2-3-14(21-27-18-11-16(24)5-7-20(18)31-21)12-28(13)22(30)17-10-15(23)4-6-19(17)29-25-8-9-26-29/h4-11,13-14H,2-3,12H2,1H3/t13-,14-/m1/s1. The van der Waals surface area contributed by atoms with Gasteiger partial charge in [-0.2, -0.15) is 15.0 Å². The molecule has 1 aliphatic rings. The molecule has 2 atom stereocenters. The molecule has 0 aliphatic carbocycles. The van der Waals surface area contributed by atoms with Gasteiger partial charge in [0.25, 0.3) is 5.91 Å². The number of fused-ring (bicyclic) bond motifs is 1. The minimum atomic E-state index is -0.0649. The van der Waals surface area contributed by atoms with E-state index in [1.165, 1.54) is 4.80 Å². The molecule has 0 spiro atoms. The highest BCUT2D eigenvalue weighted by molar-refractivity contribution is 9.10. The van der Waals surface area contributed by atoms with Crippen LogP contribution in [0.5, 0.6) is 0 Å². The van der Waals surface area contributed by atoms with Crippen molar-refractivity contribution in [2.45, 2.75) is 31.7 Å². The summed E-state index contributed by atoms with van der Waals surface area (Å²) in [6, 6.07) is 11.0. The molecule has 0 N–H and O–H groups in total. The molecule has 0 unspecified atom stereocenters. The maximum atomic E-state index is 13.6. The van der Waals surface area contributed by atoms with E-state index in [4.69, 9.17) is 16.0 Å². The Labute approximate surface area is 192 Å². The van der Waals surface area contributed by atoms with Gasteiger partial charge in [-0.25, -0.2) is 4.98 Å². The molecule has 1 aliphatic heterocycles. The van der Waals surface area contributed by atoms with Crippen molar-refractivity contribution in [1.82, 2.24) is 24.9 Å². The van der Waals surface area contributed by atoms with Crippen LogP contribution in [0.4, 0.5) is 0 Å². The molecule has 9 heteroatoms. The summed E-state index contributed by atoms with van der Waals surface area (Å²) in [7, 11) is 0. The second-order valence-electron chi connectivity index (χ2n) is 7.72. The van der Waals surface area contributed by atoms with Crippen molar-refractivity contribution in [3.63, 3.8) is 0 Å². The van der Waals surface area contributed by atoms with Gasteiger partial charge >= 0.3 is 0 Å². The molecule has 4 aromatic rings. The number of aromatic nitrogens is 4. The van der Waals surface area contributed by atoms with Crippen LogP contribution in [-0.4, -0.2) is 43.4 Å². The Morgan fingerprint density at radius 2 is 1.97 bits per heavy atom. The highest BCUT2D eigenvalue weighted by Gasteiger charge is 2.34. The molecule has 2 aromatic heterocycles. The number of likely N-dealkylation sites (tertiary alicyclic amines) is 1. The first kappa shape index (κ1) is 20.2. The minimum Gasteiger partial charge on any atom is -0.440 e. The SMILES string of the molecule is C[C@@H]1CC[C@@H](c2nc3cc(Cl)ccc3o2)CN1C(=O)c1cc(Br)ccc1-n1nccn1. The van der Waals surface area contributed by atoms with Crippen LogP contribution in [0.2, 0.25) is 5.02 Å². The molecule has 0 bridgehead atoms. The number of hydrogen-bond acceptors (Lipinski definition) is 5. The van der Waals surface area contributed by atoms with Crippen molar-refractivity contribution in [1.29, 1.82) is 0 Å². The molecular formula is C22H19BrClN5O2. The number of nitrogens with zero attached hydrogens (tertiary/aromatic N) is 5. The predicted molar refractivity (Wildman–Crippen MR) is 121 cm³/mol. The zero-order valence-corrected chi connectivity index (χ0v) is 19.0. The lowest BCUT2D eigenvalue weighted by molar-refractivity contribution is 0.0597. The van der Waals surface area contributed by atoms with Crippen LogP contribution >= 0.6 is 27.5 Å². The predicted octanol–water partition coefficient (Wildman–Crippen LogP) is 5.23. The van der Waals surface area contributed by atoms with E-state index < -0.39 is 0 Å². The van der Waals surface area contributed by atoms with E-state index in [0.29, 0.717) is 34.3 Å². The van der Waals surface area contributed by atoms with E-state index in [-0.39, 0.29) is 17.9 Å². The summed E-state index contributed by atoms with van der Waals surface area (Å²) in [6.45, 7) is 2.60. The van der Waals surface area contributed by atoms with Crippen LogP contribution in [0.15, 0.2) is 57.7 Å². The third kappa shape index (κ3) is 3.85. The molecule has 7 nitrogen and oxygen atoms in total. The fourth-order valence-electron chi connectivity index (χ4n) is 4.03. The number of rotatable bonds is 3. The molecular weight excluding hydrogens is 482 g/mol. The van der Waals surface area contributed by atoms with E-state index >= 15 is 0 Å². The van der Waals surface area contributed by atoms with Crippen molar-refractivity contribution < 1.29 is 9.21 Å². The van der Waals surface area contributed by atoms with Gasteiger partial charge in [0.2, 0.25) is 0 Å². The normalized spacial score (nSPS) is 19.1. The van der Waals surface area contributed by atoms with E-state index in [9.17, 15) is 4.79 Å². The summed E-state index contributed by atoms with van der Waals surface area (Å²) in [5.41, 5.74) is 2.62. The van der Waals surface area contributed by atoms with E-state index in [1.807, 2.05) is 29.2 Å². The molecule has 2 aromatic carbocycles. The summed E-state index contributed by atoms with van der Waals surface area (Å²) in [4.78, 5) is 21.6. The molecule has 158 valence electrons. The Balaban J connectivity index is 1.47. The Bertz CT molecular complexity index is 1260. The maximum Gasteiger partial charge on any atom is 0.256 e. The zero-order chi connectivity index (χ0) is 21.5. The quantitative estimate of drug-likeness (QED) is 0.385. The number of hydrogen-bond donors (Lipinski definition) is 0. The van der Waals surface area contributed by atoms with Gasteiger partial charge in [-0.3, -0.25) is 4.79 Å². The van der Waals surface area contributed by atoms with Gasteiger partial charge in [0.05, 0.1) is 29.6 Å². The monoisotopic (exact) mass is 499 g/mol. The Hall–Kier alpha value is -2.71. The lowest BCUT2D eigenvalue weighted by atomic mass is 9.92. The van der Waals surface area contributed by atoms with Crippen LogP contribution in [-0.2, 0) is 0 Å². The zero-order valence-electron chi connectivity index (χ0n) is 16.7. The highest BCUT2D eigenvalue weighted by Crippen LogP contribution is 2.33. The summed E-state index contributed by atoms with van der Waals surface area (Å²) >= 11 is 9.57. The largest absolute Gasteiger partial charge is 0.440 e. The Morgan fingerprint density at radius 3 is 2.77 bits per heavy atom. The topological polar surface area (TPSA) is 77.0 Å². The van der Waals surface area contributed by atoms with E-state index in [1.54, 1.807) is 24.5 Å².